The lowest BCUT2D eigenvalue weighted by atomic mass is 9.66. The van der Waals surface area contributed by atoms with Gasteiger partial charge in [0.25, 0.3) is 0 Å². The SMILES string of the molecule is C=CCCOC(=O)[C@@H]1[C@H]2C(=O)N(CCO)C(C(=O)N(CC=C)C(C)(C)C)C23S[C@@H]1CC3C. The van der Waals surface area contributed by atoms with E-state index in [0.717, 1.165) is 6.42 Å². The minimum Gasteiger partial charge on any atom is -0.465 e. The third kappa shape index (κ3) is 3.79. The zero-order valence-corrected chi connectivity index (χ0v) is 20.4. The maximum atomic E-state index is 14.0. The van der Waals surface area contributed by atoms with Crippen LogP contribution in [0.4, 0.5) is 0 Å². The molecule has 6 atom stereocenters. The maximum Gasteiger partial charge on any atom is 0.310 e. The molecule has 0 aromatic carbocycles. The van der Waals surface area contributed by atoms with Gasteiger partial charge in [0, 0.05) is 23.9 Å². The van der Waals surface area contributed by atoms with Crippen LogP contribution < -0.4 is 0 Å². The van der Waals surface area contributed by atoms with Crippen molar-refractivity contribution in [3.05, 3.63) is 25.3 Å². The second-order valence-corrected chi connectivity index (χ2v) is 11.5. The normalized spacial score (nSPS) is 33.2. The van der Waals surface area contributed by atoms with E-state index in [0.29, 0.717) is 13.0 Å². The molecule has 2 bridgehead atoms. The maximum absolute atomic E-state index is 14.0. The second-order valence-electron chi connectivity index (χ2n) is 9.96. The highest BCUT2D eigenvalue weighted by Crippen LogP contribution is 2.68. The van der Waals surface area contributed by atoms with Gasteiger partial charge < -0.3 is 19.6 Å². The van der Waals surface area contributed by atoms with Crippen molar-refractivity contribution < 1.29 is 24.2 Å². The molecule has 0 aliphatic carbocycles. The first-order valence-electron chi connectivity index (χ1n) is 11.3. The molecule has 0 aromatic heterocycles. The van der Waals surface area contributed by atoms with Gasteiger partial charge in [0.15, 0.2) is 0 Å². The molecule has 3 unspecified atom stereocenters. The monoisotopic (exact) mass is 464 g/mol. The Morgan fingerprint density at radius 2 is 2.03 bits per heavy atom. The van der Waals surface area contributed by atoms with E-state index in [-0.39, 0.29) is 48.7 Å². The topological polar surface area (TPSA) is 87.1 Å². The fourth-order valence-electron chi connectivity index (χ4n) is 5.73. The van der Waals surface area contributed by atoms with E-state index >= 15 is 0 Å². The van der Waals surface area contributed by atoms with Gasteiger partial charge >= 0.3 is 5.97 Å². The summed E-state index contributed by atoms with van der Waals surface area (Å²) in [6.45, 7) is 15.8. The van der Waals surface area contributed by atoms with Gasteiger partial charge in [-0.25, -0.2) is 0 Å². The summed E-state index contributed by atoms with van der Waals surface area (Å²) in [5.41, 5.74) is -0.471. The number of carbonyl (C=O) groups is 3. The van der Waals surface area contributed by atoms with Crippen LogP contribution in [-0.4, -0.2) is 80.6 Å². The number of amides is 2. The molecule has 1 spiro atoms. The van der Waals surface area contributed by atoms with E-state index in [1.165, 1.54) is 4.90 Å². The van der Waals surface area contributed by atoms with E-state index in [1.54, 1.807) is 28.8 Å². The molecule has 7 nitrogen and oxygen atoms in total. The van der Waals surface area contributed by atoms with Gasteiger partial charge in [-0.3, -0.25) is 14.4 Å². The number of rotatable bonds is 9. The van der Waals surface area contributed by atoms with Crippen molar-refractivity contribution in [2.75, 3.05) is 26.3 Å². The van der Waals surface area contributed by atoms with E-state index in [1.807, 2.05) is 20.8 Å². The molecule has 3 fully saturated rings. The highest BCUT2D eigenvalue weighted by molar-refractivity contribution is 8.02. The lowest BCUT2D eigenvalue weighted by Gasteiger charge is -2.43. The van der Waals surface area contributed by atoms with Crippen molar-refractivity contribution in [2.24, 2.45) is 17.8 Å². The Bertz CT molecular complexity index is 794. The van der Waals surface area contributed by atoms with Gasteiger partial charge in [0.2, 0.25) is 11.8 Å². The van der Waals surface area contributed by atoms with Crippen LogP contribution in [-0.2, 0) is 19.1 Å². The molecule has 3 saturated heterocycles. The smallest absolute Gasteiger partial charge is 0.310 e. The minimum absolute atomic E-state index is 0.0516. The molecular formula is C24H36N2O5S. The summed E-state index contributed by atoms with van der Waals surface area (Å²) in [4.78, 5) is 44.0. The minimum atomic E-state index is -0.734. The van der Waals surface area contributed by atoms with Gasteiger partial charge in [-0.15, -0.1) is 24.9 Å². The molecule has 3 rings (SSSR count). The van der Waals surface area contributed by atoms with E-state index in [4.69, 9.17) is 4.74 Å². The van der Waals surface area contributed by atoms with Gasteiger partial charge in [-0.1, -0.05) is 19.1 Å². The van der Waals surface area contributed by atoms with Crippen molar-refractivity contribution in [2.45, 2.75) is 62.1 Å². The Kier molecular flexibility index (Phi) is 7.15. The summed E-state index contributed by atoms with van der Waals surface area (Å²) >= 11 is 1.61. The fourth-order valence-corrected chi connectivity index (χ4v) is 8.13. The average Bonchev–Trinajstić information content (AvgIpc) is 3.29. The summed E-state index contributed by atoms with van der Waals surface area (Å²) in [6, 6.07) is -0.734. The summed E-state index contributed by atoms with van der Waals surface area (Å²) in [7, 11) is 0. The van der Waals surface area contributed by atoms with Crippen LogP contribution in [0.2, 0.25) is 0 Å². The van der Waals surface area contributed by atoms with Crippen LogP contribution in [0.15, 0.2) is 25.3 Å². The number of aliphatic hydroxyl groups excluding tert-OH is 1. The number of nitrogens with zero attached hydrogens (tertiary/aromatic N) is 2. The van der Waals surface area contributed by atoms with E-state index in [2.05, 4.69) is 20.1 Å². The van der Waals surface area contributed by atoms with Gasteiger partial charge in [0.05, 0.1) is 29.8 Å². The summed E-state index contributed by atoms with van der Waals surface area (Å²) in [5, 5.41) is 9.67. The Hall–Kier alpha value is -1.80. The predicted octanol–water partition coefficient (Wildman–Crippen LogP) is 2.25. The van der Waals surface area contributed by atoms with Gasteiger partial charge in [0.1, 0.15) is 6.04 Å². The quantitative estimate of drug-likeness (QED) is 0.320. The number of thioether (sulfide) groups is 1. The first kappa shape index (κ1) is 24.8. The molecule has 1 N–H and O–H groups in total. The van der Waals surface area contributed by atoms with Crippen LogP contribution in [0.1, 0.15) is 40.5 Å². The van der Waals surface area contributed by atoms with E-state index < -0.39 is 28.2 Å². The standard InChI is InChI=1S/C24H36N2O5S/c1-7-9-13-31-22(30)17-16-14-15(3)24(32-16)18(17)20(28)25(11-12-27)19(24)21(29)26(10-8-2)23(4,5)6/h7-8,15-19,27H,1-2,9-14H2,3-6H3/t15?,16-,17+,18+,19?,24?/m1/s1. The van der Waals surface area contributed by atoms with Crippen LogP contribution in [0.25, 0.3) is 0 Å². The molecular weight excluding hydrogens is 428 g/mol. The number of hydrogen-bond acceptors (Lipinski definition) is 6. The van der Waals surface area contributed by atoms with Crippen molar-refractivity contribution in [3.63, 3.8) is 0 Å². The second kappa shape index (κ2) is 9.21. The van der Waals surface area contributed by atoms with Crippen molar-refractivity contribution in [1.29, 1.82) is 0 Å². The largest absolute Gasteiger partial charge is 0.465 e. The van der Waals surface area contributed by atoms with Crippen molar-refractivity contribution >= 4 is 29.5 Å². The van der Waals surface area contributed by atoms with Crippen LogP contribution >= 0.6 is 11.8 Å². The third-order valence-corrected chi connectivity index (χ3v) is 9.12. The molecule has 0 radical (unpaired) electrons. The number of hydrogen-bond donors (Lipinski definition) is 1. The lowest BCUT2D eigenvalue weighted by molar-refractivity contribution is -0.154. The Morgan fingerprint density at radius 3 is 2.59 bits per heavy atom. The first-order chi connectivity index (χ1) is 15.1. The Balaban J connectivity index is 2.04. The molecule has 0 saturated carbocycles. The molecule has 3 aliphatic rings. The van der Waals surface area contributed by atoms with Gasteiger partial charge in [-0.2, -0.15) is 0 Å². The molecule has 3 aliphatic heterocycles. The molecule has 2 amide bonds. The lowest BCUT2D eigenvalue weighted by Crippen LogP contribution is -2.60. The van der Waals surface area contributed by atoms with Crippen LogP contribution in [0, 0.1) is 17.8 Å². The predicted molar refractivity (Wildman–Crippen MR) is 125 cm³/mol. The number of fused-ring (bicyclic) bond motifs is 1. The molecule has 178 valence electrons. The zero-order chi connectivity index (χ0) is 23.8. The van der Waals surface area contributed by atoms with E-state index in [9.17, 15) is 19.5 Å². The Labute approximate surface area is 195 Å². The molecule has 0 aromatic rings. The van der Waals surface area contributed by atoms with Gasteiger partial charge in [-0.05, 0) is 39.5 Å². The van der Waals surface area contributed by atoms with Crippen LogP contribution in [0.5, 0.6) is 0 Å². The average molecular weight is 465 g/mol. The first-order valence-corrected chi connectivity index (χ1v) is 12.2. The van der Waals surface area contributed by atoms with Crippen molar-refractivity contribution in [1.82, 2.24) is 9.80 Å². The van der Waals surface area contributed by atoms with Crippen LogP contribution in [0.3, 0.4) is 0 Å². The number of ether oxygens (including phenoxy) is 1. The zero-order valence-electron chi connectivity index (χ0n) is 19.6. The number of β-amino-alcohol motifs (C(OH)–C–C–N with tert-alkyl or cyclic N) is 1. The fraction of sp³-hybridized carbons (Fsp3) is 0.708. The highest BCUT2D eigenvalue weighted by atomic mass is 32.2. The number of carbonyl (C=O) groups excluding carboxylic acids is 3. The number of aliphatic hydroxyl groups is 1. The summed E-state index contributed by atoms with van der Waals surface area (Å²) < 4.78 is 4.78. The summed E-state index contributed by atoms with van der Waals surface area (Å²) in [5.74, 6) is -1.86. The molecule has 3 heterocycles. The molecule has 32 heavy (non-hydrogen) atoms. The highest BCUT2D eigenvalue weighted by Gasteiger charge is 2.76. The summed E-state index contributed by atoms with van der Waals surface area (Å²) in [6.07, 6.45) is 4.68. The third-order valence-electron chi connectivity index (χ3n) is 7.05. The number of esters is 1. The van der Waals surface area contributed by atoms with Crippen molar-refractivity contribution in [3.8, 4) is 0 Å². The molecule has 8 heteroatoms. The Morgan fingerprint density at radius 1 is 1.34 bits per heavy atom. The number of likely N-dealkylation sites (tertiary alicyclic amines) is 1.